The maximum atomic E-state index is 13.3. The van der Waals surface area contributed by atoms with Crippen LogP contribution in [-0.2, 0) is 4.79 Å². The highest BCUT2D eigenvalue weighted by atomic mass is 35.5. The van der Waals surface area contributed by atoms with Gasteiger partial charge in [0.05, 0.1) is 13.2 Å². The minimum Gasteiger partial charge on any atom is -0.493 e. The maximum absolute atomic E-state index is 13.3. The van der Waals surface area contributed by atoms with Crippen molar-refractivity contribution in [3.63, 3.8) is 0 Å². The summed E-state index contributed by atoms with van der Waals surface area (Å²) in [6, 6.07) is 12.1. The average molecular weight is 423 g/mol. The molecule has 0 spiro atoms. The highest BCUT2D eigenvalue weighted by molar-refractivity contribution is 5.85. The third kappa shape index (κ3) is 5.10. The summed E-state index contributed by atoms with van der Waals surface area (Å²) >= 11 is 0. The topological polar surface area (TPSA) is 74.0 Å². The second kappa shape index (κ2) is 9.33. The Hall–Kier alpha value is -2.51. The van der Waals surface area contributed by atoms with Crippen LogP contribution in [0.4, 0.5) is 4.39 Å². The Morgan fingerprint density at radius 2 is 1.93 bits per heavy atom. The summed E-state index contributed by atoms with van der Waals surface area (Å²) in [5, 5.41) is 0. The van der Waals surface area contributed by atoms with Gasteiger partial charge in [-0.1, -0.05) is 12.1 Å². The third-order valence-electron chi connectivity index (χ3n) is 5.30. The Morgan fingerprint density at radius 3 is 2.69 bits per heavy atom. The van der Waals surface area contributed by atoms with E-state index in [1.807, 2.05) is 30.3 Å². The quantitative estimate of drug-likeness (QED) is 0.774. The number of ether oxygens (including phenoxy) is 3. The van der Waals surface area contributed by atoms with E-state index in [1.54, 1.807) is 0 Å². The number of nitrogens with two attached hydrogens (primary N) is 1. The van der Waals surface area contributed by atoms with Crippen LogP contribution in [0.2, 0.25) is 0 Å². The molecule has 2 N–H and O–H groups in total. The molecule has 2 heterocycles. The van der Waals surface area contributed by atoms with E-state index in [1.165, 1.54) is 12.1 Å². The number of nitrogens with zero attached hydrogens (tertiary/aromatic N) is 1. The molecule has 0 saturated carbocycles. The zero-order chi connectivity index (χ0) is 19.5. The SMILES string of the molecule is Cl.NC(=O)CN1CC[C@H](c2ccc(F)cc2)[C@@H](COc2ccc3c(c2)OCO3)C1. The fourth-order valence-corrected chi connectivity index (χ4v) is 3.96. The minimum absolute atomic E-state index is 0. The molecule has 8 heteroatoms. The van der Waals surface area contributed by atoms with Gasteiger partial charge in [-0.15, -0.1) is 12.4 Å². The van der Waals surface area contributed by atoms with E-state index in [0.717, 1.165) is 18.5 Å². The van der Waals surface area contributed by atoms with Gasteiger partial charge in [-0.2, -0.15) is 0 Å². The first kappa shape index (κ1) is 21.2. The number of carbonyl (C=O) groups is 1. The van der Waals surface area contributed by atoms with Crippen LogP contribution in [0.3, 0.4) is 0 Å². The van der Waals surface area contributed by atoms with Crippen molar-refractivity contribution in [1.29, 1.82) is 0 Å². The fourth-order valence-electron chi connectivity index (χ4n) is 3.96. The molecule has 156 valence electrons. The molecule has 1 saturated heterocycles. The molecule has 0 unspecified atom stereocenters. The summed E-state index contributed by atoms with van der Waals surface area (Å²) in [5.74, 6) is 1.86. The van der Waals surface area contributed by atoms with Gasteiger partial charge >= 0.3 is 0 Å². The zero-order valence-electron chi connectivity index (χ0n) is 15.9. The van der Waals surface area contributed by atoms with Gasteiger partial charge in [0.25, 0.3) is 0 Å². The predicted molar refractivity (Wildman–Crippen MR) is 108 cm³/mol. The summed E-state index contributed by atoms with van der Waals surface area (Å²) in [4.78, 5) is 13.4. The van der Waals surface area contributed by atoms with E-state index < -0.39 is 0 Å². The molecule has 0 radical (unpaired) electrons. The van der Waals surface area contributed by atoms with Crippen LogP contribution in [0.15, 0.2) is 42.5 Å². The fraction of sp³-hybridized carbons (Fsp3) is 0.381. The molecule has 0 aromatic heterocycles. The van der Waals surface area contributed by atoms with Gasteiger partial charge in [-0.05, 0) is 48.7 Å². The van der Waals surface area contributed by atoms with E-state index in [0.29, 0.717) is 30.4 Å². The van der Waals surface area contributed by atoms with Crippen LogP contribution >= 0.6 is 12.4 Å². The van der Waals surface area contributed by atoms with Crippen molar-refractivity contribution in [1.82, 2.24) is 4.90 Å². The number of primary amides is 1. The number of benzene rings is 2. The first-order valence-electron chi connectivity index (χ1n) is 9.37. The lowest BCUT2D eigenvalue weighted by molar-refractivity contribution is -0.119. The van der Waals surface area contributed by atoms with Gasteiger partial charge in [-0.25, -0.2) is 4.39 Å². The van der Waals surface area contributed by atoms with Crippen LogP contribution in [0.25, 0.3) is 0 Å². The lowest BCUT2D eigenvalue weighted by Crippen LogP contribution is -2.45. The second-order valence-electron chi connectivity index (χ2n) is 7.23. The van der Waals surface area contributed by atoms with Crippen LogP contribution in [0.1, 0.15) is 17.9 Å². The Kier molecular flexibility index (Phi) is 6.82. The molecule has 29 heavy (non-hydrogen) atoms. The molecule has 0 bridgehead atoms. The van der Waals surface area contributed by atoms with E-state index >= 15 is 0 Å². The molecule has 2 aliphatic heterocycles. The summed E-state index contributed by atoms with van der Waals surface area (Å²) in [6.07, 6.45) is 0.855. The predicted octanol–water partition coefficient (Wildman–Crippen LogP) is 2.95. The van der Waals surface area contributed by atoms with Gasteiger partial charge in [0.2, 0.25) is 12.7 Å². The monoisotopic (exact) mass is 422 g/mol. The number of piperidine rings is 1. The summed E-state index contributed by atoms with van der Waals surface area (Å²) in [7, 11) is 0. The average Bonchev–Trinajstić information content (AvgIpc) is 3.15. The van der Waals surface area contributed by atoms with E-state index in [-0.39, 0.29) is 49.3 Å². The number of carbonyl (C=O) groups excluding carboxylic acids is 1. The summed E-state index contributed by atoms with van der Waals surface area (Å²) in [6.45, 7) is 2.38. The number of fused-ring (bicyclic) bond motifs is 1. The Balaban J connectivity index is 0.00000240. The number of rotatable bonds is 6. The molecule has 4 rings (SSSR count). The number of hydrogen-bond acceptors (Lipinski definition) is 5. The Morgan fingerprint density at radius 1 is 1.17 bits per heavy atom. The van der Waals surface area contributed by atoms with Gasteiger partial charge in [-0.3, -0.25) is 9.69 Å². The lowest BCUT2D eigenvalue weighted by Gasteiger charge is -2.38. The molecule has 2 aromatic rings. The first-order chi connectivity index (χ1) is 13.6. The highest BCUT2D eigenvalue weighted by Crippen LogP contribution is 2.37. The minimum atomic E-state index is -0.337. The molecule has 2 atom stereocenters. The molecule has 6 nitrogen and oxygen atoms in total. The zero-order valence-corrected chi connectivity index (χ0v) is 16.7. The summed E-state index contributed by atoms with van der Waals surface area (Å²) < 4.78 is 30.1. The smallest absolute Gasteiger partial charge is 0.231 e. The first-order valence-corrected chi connectivity index (χ1v) is 9.37. The van der Waals surface area contributed by atoms with Gasteiger partial charge in [0.15, 0.2) is 11.5 Å². The van der Waals surface area contributed by atoms with Gasteiger partial charge in [0, 0.05) is 18.5 Å². The van der Waals surface area contributed by atoms with Crippen molar-refractivity contribution < 1.29 is 23.4 Å². The van der Waals surface area contributed by atoms with Gasteiger partial charge in [0.1, 0.15) is 11.6 Å². The third-order valence-corrected chi connectivity index (χ3v) is 5.30. The lowest BCUT2D eigenvalue weighted by atomic mass is 9.81. The normalized spacial score (nSPS) is 20.7. The molecular weight excluding hydrogens is 399 g/mol. The number of likely N-dealkylation sites (tertiary alicyclic amines) is 1. The highest BCUT2D eigenvalue weighted by Gasteiger charge is 2.31. The number of amides is 1. The second-order valence-corrected chi connectivity index (χ2v) is 7.23. The van der Waals surface area contributed by atoms with Crippen LogP contribution < -0.4 is 19.9 Å². The van der Waals surface area contributed by atoms with Crippen LogP contribution in [0.5, 0.6) is 17.2 Å². The standard InChI is InChI=1S/C21H23FN2O4.ClH/c22-16-3-1-14(2-4-16)18-7-8-24(11-21(23)25)10-15(18)12-26-17-5-6-19-20(9-17)28-13-27-19;/h1-6,9,15,18H,7-8,10-13H2,(H2,23,25);1H/t15-,18-;/m1./s1. The van der Waals surface area contributed by atoms with Crippen molar-refractivity contribution >= 4 is 18.3 Å². The molecule has 0 aliphatic carbocycles. The van der Waals surface area contributed by atoms with Crippen molar-refractivity contribution in [2.75, 3.05) is 33.0 Å². The van der Waals surface area contributed by atoms with Crippen LogP contribution in [-0.4, -0.2) is 43.8 Å². The van der Waals surface area contributed by atoms with Crippen molar-refractivity contribution in [3.8, 4) is 17.2 Å². The number of hydrogen-bond donors (Lipinski definition) is 1. The van der Waals surface area contributed by atoms with E-state index in [2.05, 4.69) is 4.90 Å². The molecule has 2 aromatic carbocycles. The molecule has 2 aliphatic rings. The van der Waals surface area contributed by atoms with E-state index in [4.69, 9.17) is 19.9 Å². The maximum Gasteiger partial charge on any atom is 0.231 e. The van der Waals surface area contributed by atoms with E-state index in [9.17, 15) is 9.18 Å². The van der Waals surface area contributed by atoms with Crippen molar-refractivity contribution in [2.24, 2.45) is 11.7 Å². The van der Waals surface area contributed by atoms with Crippen molar-refractivity contribution in [3.05, 3.63) is 53.8 Å². The number of halogens is 2. The molecule has 1 amide bonds. The summed E-state index contributed by atoms with van der Waals surface area (Å²) in [5.41, 5.74) is 6.45. The Bertz CT molecular complexity index is 849. The molecular formula is C21H24ClFN2O4. The van der Waals surface area contributed by atoms with Crippen molar-refractivity contribution in [2.45, 2.75) is 12.3 Å². The largest absolute Gasteiger partial charge is 0.493 e. The molecule has 1 fully saturated rings. The van der Waals surface area contributed by atoms with Gasteiger partial charge < -0.3 is 19.9 Å². The van der Waals surface area contributed by atoms with Crippen LogP contribution in [0, 0.1) is 11.7 Å². The Labute approximate surface area is 175 Å².